The molecule has 3 aromatic rings. The van der Waals surface area contributed by atoms with Crippen molar-refractivity contribution < 1.29 is 4.79 Å². The van der Waals surface area contributed by atoms with Crippen LogP contribution in [0.15, 0.2) is 30.6 Å². The van der Waals surface area contributed by atoms with Crippen molar-refractivity contribution in [2.24, 2.45) is 5.92 Å². The van der Waals surface area contributed by atoms with Crippen molar-refractivity contribution in [2.45, 2.75) is 32.2 Å². The normalized spacial score (nSPS) is 15.6. The maximum Gasteiger partial charge on any atom is 0.274 e. The third kappa shape index (κ3) is 3.43. The molecular formula is C20H25N7O. The van der Waals surface area contributed by atoms with E-state index in [2.05, 4.69) is 44.6 Å². The van der Waals surface area contributed by atoms with E-state index in [1.807, 2.05) is 18.2 Å². The van der Waals surface area contributed by atoms with E-state index in [0.717, 1.165) is 42.4 Å². The molecule has 8 heteroatoms. The third-order valence-electron chi connectivity index (χ3n) is 5.56. The van der Waals surface area contributed by atoms with Crippen LogP contribution in [-0.2, 0) is 0 Å². The molecular weight excluding hydrogens is 354 g/mol. The first-order chi connectivity index (χ1) is 13.5. The highest BCUT2D eigenvalue weighted by Crippen LogP contribution is 2.28. The predicted molar refractivity (Wildman–Crippen MR) is 109 cm³/mol. The summed E-state index contributed by atoms with van der Waals surface area (Å²) in [6.07, 6.45) is 5.38. The lowest BCUT2D eigenvalue weighted by Gasteiger charge is -2.37. The van der Waals surface area contributed by atoms with Crippen molar-refractivity contribution in [3.63, 3.8) is 0 Å². The molecule has 5 N–H and O–H groups in total. The van der Waals surface area contributed by atoms with Crippen LogP contribution in [0.5, 0.6) is 0 Å². The van der Waals surface area contributed by atoms with E-state index in [-0.39, 0.29) is 23.0 Å². The average molecular weight is 379 g/mol. The van der Waals surface area contributed by atoms with Gasteiger partial charge in [-0.1, -0.05) is 18.2 Å². The van der Waals surface area contributed by atoms with E-state index < -0.39 is 0 Å². The molecule has 0 atom stereocenters. The first kappa shape index (κ1) is 18.4. The number of aromatic amines is 1. The minimum Gasteiger partial charge on any atom is -0.382 e. The lowest BCUT2D eigenvalue weighted by atomic mass is 9.80. The molecule has 0 bridgehead atoms. The SMILES string of the molecule is CC(C)(NC(=O)c1nc(-c2cccc3cn[nH]c23)cnc1N)C1CCNCC1. The number of carbonyl (C=O) groups excluding carboxylic acids is 1. The van der Waals surface area contributed by atoms with Gasteiger partial charge >= 0.3 is 0 Å². The lowest BCUT2D eigenvalue weighted by molar-refractivity contribution is 0.0858. The van der Waals surface area contributed by atoms with Crippen LogP contribution in [0, 0.1) is 5.92 Å². The summed E-state index contributed by atoms with van der Waals surface area (Å²) in [5.74, 6) is 0.222. The minimum absolute atomic E-state index is 0.124. The number of rotatable bonds is 4. The van der Waals surface area contributed by atoms with Gasteiger partial charge in [-0.25, -0.2) is 9.97 Å². The van der Waals surface area contributed by atoms with Gasteiger partial charge in [-0.3, -0.25) is 9.89 Å². The predicted octanol–water partition coefficient (Wildman–Crippen LogP) is 2.11. The van der Waals surface area contributed by atoms with Crippen molar-refractivity contribution in [1.82, 2.24) is 30.8 Å². The summed E-state index contributed by atoms with van der Waals surface area (Å²) >= 11 is 0. The monoisotopic (exact) mass is 379 g/mol. The number of hydrogen-bond donors (Lipinski definition) is 4. The summed E-state index contributed by atoms with van der Waals surface area (Å²) in [4.78, 5) is 21.8. The highest BCUT2D eigenvalue weighted by Gasteiger charge is 2.33. The van der Waals surface area contributed by atoms with Crippen LogP contribution in [0.2, 0.25) is 0 Å². The van der Waals surface area contributed by atoms with Crippen LogP contribution >= 0.6 is 0 Å². The van der Waals surface area contributed by atoms with Gasteiger partial charge in [-0.2, -0.15) is 5.10 Å². The fourth-order valence-corrected chi connectivity index (χ4v) is 3.88. The Morgan fingerprint density at radius 1 is 1.25 bits per heavy atom. The van der Waals surface area contributed by atoms with Crippen molar-refractivity contribution in [2.75, 3.05) is 18.8 Å². The summed E-state index contributed by atoms with van der Waals surface area (Å²) in [6, 6.07) is 5.80. The molecule has 1 aliphatic rings. The number of anilines is 1. The molecule has 1 aromatic carbocycles. The summed E-state index contributed by atoms with van der Waals surface area (Å²) < 4.78 is 0. The molecule has 0 radical (unpaired) electrons. The Bertz CT molecular complexity index is 1000. The summed E-state index contributed by atoms with van der Waals surface area (Å²) in [7, 11) is 0. The zero-order chi connectivity index (χ0) is 19.7. The van der Waals surface area contributed by atoms with Gasteiger partial charge in [0.1, 0.15) is 0 Å². The molecule has 0 saturated carbocycles. The van der Waals surface area contributed by atoms with E-state index >= 15 is 0 Å². The smallest absolute Gasteiger partial charge is 0.274 e. The molecule has 8 nitrogen and oxygen atoms in total. The number of nitrogens with one attached hydrogen (secondary N) is 3. The molecule has 0 unspecified atom stereocenters. The summed E-state index contributed by atoms with van der Waals surface area (Å²) in [5, 5.41) is 14.5. The van der Waals surface area contributed by atoms with E-state index in [0.29, 0.717) is 11.6 Å². The second-order valence-electron chi connectivity index (χ2n) is 7.83. The number of hydrogen-bond acceptors (Lipinski definition) is 6. The van der Waals surface area contributed by atoms with E-state index in [9.17, 15) is 4.79 Å². The van der Waals surface area contributed by atoms with Crippen molar-refractivity contribution in [3.8, 4) is 11.3 Å². The van der Waals surface area contributed by atoms with Crippen LogP contribution in [0.1, 0.15) is 37.2 Å². The maximum absolute atomic E-state index is 13.0. The number of nitrogens with two attached hydrogens (primary N) is 1. The van der Waals surface area contributed by atoms with Gasteiger partial charge in [0.25, 0.3) is 5.91 Å². The fraction of sp³-hybridized carbons (Fsp3) is 0.400. The fourth-order valence-electron chi connectivity index (χ4n) is 3.88. The van der Waals surface area contributed by atoms with Gasteiger partial charge in [-0.05, 0) is 45.7 Å². The van der Waals surface area contributed by atoms with Crippen LogP contribution in [0.3, 0.4) is 0 Å². The Hall–Kier alpha value is -3.00. The molecule has 1 aliphatic heterocycles. The molecule has 1 saturated heterocycles. The number of nitrogen functional groups attached to an aromatic ring is 1. The number of para-hydroxylation sites is 1. The summed E-state index contributed by atoms with van der Waals surface area (Å²) in [6.45, 7) is 6.05. The number of carbonyl (C=O) groups is 1. The summed E-state index contributed by atoms with van der Waals surface area (Å²) in [5.41, 5.74) is 8.04. The molecule has 0 aliphatic carbocycles. The zero-order valence-corrected chi connectivity index (χ0v) is 16.1. The van der Waals surface area contributed by atoms with E-state index in [1.54, 1.807) is 12.4 Å². The van der Waals surface area contributed by atoms with Gasteiger partial charge in [0.15, 0.2) is 11.5 Å². The second-order valence-corrected chi connectivity index (χ2v) is 7.83. The second kappa shape index (κ2) is 7.20. The standard InChI is InChI=1S/C20H25N7O/c1-20(2,13-6-8-22-9-7-13)26-19(28)17-18(21)23-11-15(25-17)14-5-3-4-12-10-24-27-16(12)14/h3-5,10-11,13,22H,6-9H2,1-2H3,(H2,21,23)(H,24,27)(H,26,28). The largest absolute Gasteiger partial charge is 0.382 e. The van der Waals surface area contributed by atoms with E-state index in [4.69, 9.17) is 5.73 Å². The number of fused-ring (bicyclic) bond motifs is 1. The molecule has 146 valence electrons. The average Bonchev–Trinajstić information content (AvgIpc) is 3.17. The number of H-pyrrole nitrogens is 1. The number of aromatic nitrogens is 4. The lowest BCUT2D eigenvalue weighted by Crippen LogP contribution is -2.52. The molecule has 0 spiro atoms. The molecule has 28 heavy (non-hydrogen) atoms. The molecule has 1 fully saturated rings. The van der Waals surface area contributed by atoms with Gasteiger partial charge in [0, 0.05) is 16.5 Å². The van der Waals surface area contributed by atoms with Crippen molar-refractivity contribution in [3.05, 3.63) is 36.3 Å². The Labute approximate surface area is 163 Å². The van der Waals surface area contributed by atoms with Crippen molar-refractivity contribution >= 4 is 22.6 Å². The number of piperidine rings is 1. The highest BCUT2D eigenvalue weighted by molar-refractivity contribution is 5.98. The third-order valence-corrected chi connectivity index (χ3v) is 5.56. The Morgan fingerprint density at radius 3 is 2.82 bits per heavy atom. The van der Waals surface area contributed by atoms with Crippen molar-refractivity contribution in [1.29, 1.82) is 0 Å². The first-order valence-electron chi connectivity index (χ1n) is 9.54. The molecule has 4 rings (SSSR count). The Kier molecular flexibility index (Phi) is 4.72. The highest BCUT2D eigenvalue weighted by atomic mass is 16.2. The van der Waals surface area contributed by atoms with Gasteiger partial charge in [0.05, 0.1) is 23.6 Å². The Morgan fingerprint density at radius 2 is 2.04 bits per heavy atom. The number of benzene rings is 1. The molecule has 1 amide bonds. The number of amides is 1. The van der Waals surface area contributed by atoms with Crippen LogP contribution < -0.4 is 16.4 Å². The van der Waals surface area contributed by atoms with E-state index in [1.165, 1.54) is 0 Å². The molecule has 2 aromatic heterocycles. The zero-order valence-electron chi connectivity index (χ0n) is 16.1. The molecule has 3 heterocycles. The maximum atomic E-state index is 13.0. The van der Waals surface area contributed by atoms with Crippen LogP contribution in [-0.4, -0.2) is 44.7 Å². The van der Waals surface area contributed by atoms with Crippen LogP contribution in [0.4, 0.5) is 5.82 Å². The topological polar surface area (TPSA) is 122 Å². The van der Waals surface area contributed by atoms with Gasteiger partial charge in [0.2, 0.25) is 0 Å². The van der Waals surface area contributed by atoms with Crippen LogP contribution in [0.25, 0.3) is 22.2 Å². The first-order valence-corrected chi connectivity index (χ1v) is 9.54. The number of nitrogens with zero attached hydrogens (tertiary/aromatic N) is 3. The Balaban J connectivity index is 1.63. The van der Waals surface area contributed by atoms with Gasteiger partial charge in [-0.15, -0.1) is 0 Å². The minimum atomic E-state index is -0.354. The quantitative estimate of drug-likeness (QED) is 0.551. The van der Waals surface area contributed by atoms with Gasteiger partial charge < -0.3 is 16.4 Å².